The second-order valence-electron chi connectivity index (χ2n) is 5.08. The molecule has 3 heteroatoms. The van der Waals surface area contributed by atoms with Crippen LogP contribution in [-0.4, -0.2) is 26.2 Å². The normalized spacial score (nSPS) is 10.7. The number of carbonyl (C=O) groups excluding carboxylic acids is 1. The molecule has 0 aliphatic carbocycles. The zero-order valence-electron chi connectivity index (χ0n) is 12.2. The molecule has 0 aliphatic rings. The van der Waals surface area contributed by atoms with E-state index in [9.17, 15) is 4.79 Å². The van der Waals surface area contributed by atoms with E-state index in [4.69, 9.17) is 0 Å². The number of nitrogens with one attached hydrogen (secondary N) is 1. The number of esters is 1. The Hall–Kier alpha value is -1.35. The standard InChI is InChI=1S/C16H25NO2/c1-13(2)15-8-6-14(7-9-15)10-12-17-11-4-5-16(18)19-3/h6-9,13,17H,4-5,10-12H2,1-3H3. The number of hydrogen-bond acceptors (Lipinski definition) is 3. The molecule has 0 radical (unpaired) electrons. The Kier molecular flexibility index (Phi) is 7.19. The van der Waals surface area contributed by atoms with Gasteiger partial charge < -0.3 is 10.1 Å². The molecule has 106 valence electrons. The van der Waals surface area contributed by atoms with E-state index in [0.717, 1.165) is 25.9 Å². The lowest BCUT2D eigenvalue weighted by Gasteiger charge is -2.07. The van der Waals surface area contributed by atoms with Crippen LogP contribution in [0.3, 0.4) is 0 Å². The first kappa shape index (κ1) is 15.7. The monoisotopic (exact) mass is 263 g/mol. The summed E-state index contributed by atoms with van der Waals surface area (Å²) < 4.78 is 4.59. The molecule has 0 heterocycles. The Morgan fingerprint density at radius 2 is 1.89 bits per heavy atom. The van der Waals surface area contributed by atoms with Crippen molar-refractivity contribution in [2.24, 2.45) is 0 Å². The van der Waals surface area contributed by atoms with Gasteiger partial charge in [0.2, 0.25) is 0 Å². The van der Waals surface area contributed by atoms with Gasteiger partial charge in [-0.1, -0.05) is 38.1 Å². The molecule has 1 N–H and O–H groups in total. The van der Waals surface area contributed by atoms with E-state index >= 15 is 0 Å². The third-order valence-electron chi connectivity index (χ3n) is 3.20. The number of rotatable bonds is 8. The lowest BCUT2D eigenvalue weighted by molar-refractivity contribution is -0.140. The maximum Gasteiger partial charge on any atom is 0.305 e. The van der Waals surface area contributed by atoms with Crippen LogP contribution in [0.15, 0.2) is 24.3 Å². The summed E-state index contributed by atoms with van der Waals surface area (Å²) in [6.07, 6.45) is 2.35. The van der Waals surface area contributed by atoms with Gasteiger partial charge in [-0.15, -0.1) is 0 Å². The highest BCUT2D eigenvalue weighted by atomic mass is 16.5. The summed E-state index contributed by atoms with van der Waals surface area (Å²) in [5.74, 6) is 0.455. The second-order valence-corrected chi connectivity index (χ2v) is 5.08. The number of carbonyl (C=O) groups is 1. The van der Waals surface area contributed by atoms with Crippen LogP contribution in [0.5, 0.6) is 0 Å². The predicted octanol–water partition coefficient (Wildman–Crippen LogP) is 2.90. The summed E-state index contributed by atoms with van der Waals surface area (Å²) in [5.41, 5.74) is 2.74. The van der Waals surface area contributed by atoms with Crippen LogP contribution in [0.1, 0.15) is 43.7 Å². The van der Waals surface area contributed by atoms with Crippen LogP contribution in [0.4, 0.5) is 0 Å². The van der Waals surface area contributed by atoms with Crippen LogP contribution in [0, 0.1) is 0 Å². The number of ether oxygens (including phenoxy) is 1. The van der Waals surface area contributed by atoms with Gasteiger partial charge in [-0.3, -0.25) is 4.79 Å². The van der Waals surface area contributed by atoms with Gasteiger partial charge in [0.05, 0.1) is 7.11 Å². The summed E-state index contributed by atoms with van der Waals surface area (Å²) in [6, 6.07) is 8.81. The number of benzene rings is 1. The molecule has 1 rings (SSSR count). The minimum atomic E-state index is -0.133. The van der Waals surface area contributed by atoms with E-state index < -0.39 is 0 Å². The molecule has 0 amide bonds. The summed E-state index contributed by atoms with van der Waals surface area (Å²) in [5, 5.41) is 3.34. The highest BCUT2D eigenvalue weighted by molar-refractivity contribution is 5.69. The van der Waals surface area contributed by atoms with Crippen molar-refractivity contribution in [1.82, 2.24) is 5.32 Å². The zero-order valence-corrected chi connectivity index (χ0v) is 12.2. The molecule has 3 nitrogen and oxygen atoms in total. The summed E-state index contributed by atoms with van der Waals surface area (Å²) >= 11 is 0. The van der Waals surface area contributed by atoms with Gasteiger partial charge in [0.15, 0.2) is 0 Å². The van der Waals surface area contributed by atoms with E-state index in [1.165, 1.54) is 18.2 Å². The minimum Gasteiger partial charge on any atom is -0.469 e. The Morgan fingerprint density at radius 1 is 1.21 bits per heavy atom. The Morgan fingerprint density at radius 3 is 2.47 bits per heavy atom. The molecule has 19 heavy (non-hydrogen) atoms. The van der Waals surface area contributed by atoms with Crippen molar-refractivity contribution >= 4 is 5.97 Å². The van der Waals surface area contributed by atoms with Crippen molar-refractivity contribution in [3.8, 4) is 0 Å². The van der Waals surface area contributed by atoms with Crippen molar-refractivity contribution in [2.45, 2.75) is 39.0 Å². The molecule has 1 aromatic carbocycles. The van der Waals surface area contributed by atoms with Gasteiger partial charge in [-0.25, -0.2) is 0 Å². The third kappa shape index (κ3) is 6.39. The molecule has 0 fully saturated rings. The molecule has 0 atom stereocenters. The first-order valence-corrected chi connectivity index (χ1v) is 7.00. The maximum absolute atomic E-state index is 10.9. The molecule has 0 aliphatic heterocycles. The van der Waals surface area contributed by atoms with Crippen LogP contribution < -0.4 is 5.32 Å². The van der Waals surface area contributed by atoms with Gasteiger partial charge >= 0.3 is 5.97 Å². The lowest BCUT2D eigenvalue weighted by Crippen LogP contribution is -2.19. The fourth-order valence-electron chi connectivity index (χ4n) is 1.89. The van der Waals surface area contributed by atoms with E-state index in [-0.39, 0.29) is 5.97 Å². The number of hydrogen-bond donors (Lipinski definition) is 1. The van der Waals surface area contributed by atoms with Crippen LogP contribution in [0.2, 0.25) is 0 Å². The summed E-state index contributed by atoms with van der Waals surface area (Å²) in [7, 11) is 1.43. The van der Waals surface area contributed by atoms with Crippen molar-refractivity contribution in [3.05, 3.63) is 35.4 Å². The van der Waals surface area contributed by atoms with Gasteiger partial charge in [0.1, 0.15) is 0 Å². The van der Waals surface area contributed by atoms with Crippen molar-refractivity contribution in [2.75, 3.05) is 20.2 Å². The minimum absolute atomic E-state index is 0.133. The van der Waals surface area contributed by atoms with E-state index in [2.05, 4.69) is 48.2 Å². The average molecular weight is 263 g/mol. The first-order chi connectivity index (χ1) is 9.13. The Labute approximate surface area is 116 Å². The Bertz CT molecular complexity index is 371. The van der Waals surface area contributed by atoms with Crippen molar-refractivity contribution in [1.29, 1.82) is 0 Å². The van der Waals surface area contributed by atoms with E-state index in [1.54, 1.807) is 0 Å². The molecular weight excluding hydrogens is 238 g/mol. The van der Waals surface area contributed by atoms with E-state index in [1.807, 2.05) is 0 Å². The molecule has 0 saturated carbocycles. The fraction of sp³-hybridized carbons (Fsp3) is 0.562. The van der Waals surface area contributed by atoms with Crippen molar-refractivity contribution < 1.29 is 9.53 Å². The molecular formula is C16H25NO2. The third-order valence-corrected chi connectivity index (χ3v) is 3.20. The highest BCUT2D eigenvalue weighted by Gasteiger charge is 2.00. The average Bonchev–Trinajstić information content (AvgIpc) is 2.42. The Balaban J connectivity index is 2.14. The lowest BCUT2D eigenvalue weighted by atomic mass is 10.0. The number of methoxy groups -OCH3 is 1. The smallest absolute Gasteiger partial charge is 0.305 e. The van der Waals surface area contributed by atoms with Gasteiger partial charge in [0.25, 0.3) is 0 Å². The van der Waals surface area contributed by atoms with Crippen LogP contribution in [0.25, 0.3) is 0 Å². The fourth-order valence-corrected chi connectivity index (χ4v) is 1.89. The molecule has 0 bridgehead atoms. The molecule has 1 aromatic rings. The zero-order chi connectivity index (χ0) is 14.1. The topological polar surface area (TPSA) is 38.3 Å². The summed E-state index contributed by atoms with van der Waals surface area (Å²) in [4.78, 5) is 10.9. The molecule has 0 unspecified atom stereocenters. The molecule has 0 spiro atoms. The highest BCUT2D eigenvalue weighted by Crippen LogP contribution is 2.14. The second kappa shape index (κ2) is 8.70. The van der Waals surface area contributed by atoms with Gasteiger partial charge in [-0.2, -0.15) is 0 Å². The quantitative estimate of drug-likeness (QED) is 0.579. The first-order valence-electron chi connectivity index (χ1n) is 7.00. The van der Waals surface area contributed by atoms with Gasteiger partial charge in [0, 0.05) is 6.42 Å². The molecule has 0 saturated heterocycles. The largest absolute Gasteiger partial charge is 0.469 e. The van der Waals surface area contributed by atoms with Gasteiger partial charge in [-0.05, 0) is 43.0 Å². The summed E-state index contributed by atoms with van der Waals surface area (Å²) in [6.45, 7) is 6.22. The van der Waals surface area contributed by atoms with E-state index in [0.29, 0.717) is 12.3 Å². The SMILES string of the molecule is COC(=O)CCCNCCc1ccc(C(C)C)cc1. The maximum atomic E-state index is 10.9. The predicted molar refractivity (Wildman–Crippen MR) is 78.4 cm³/mol. The van der Waals surface area contributed by atoms with Crippen LogP contribution >= 0.6 is 0 Å². The molecule has 0 aromatic heterocycles. The van der Waals surface area contributed by atoms with Crippen LogP contribution in [-0.2, 0) is 16.0 Å². The van der Waals surface area contributed by atoms with Crippen molar-refractivity contribution in [3.63, 3.8) is 0 Å².